The van der Waals surface area contributed by atoms with Crippen molar-refractivity contribution < 1.29 is 28.6 Å². The fourth-order valence-electron chi connectivity index (χ4n) is 3.27. The Morgan fingerprint density at radius 3 is 2.56 bits per heavy atom. The van der Waals surface area contributed by atoms with Crippen LogP contribution in [-0.4, -0.2) is 59.6 Å². The number of morpholine rings is 1. The molecule has 25 heavy (non-hydrogen) atoms. The summed E-state index contributed by atoms with van der Waals surface area (Å²) < 4.78 is 18.3. The van der Waals surface area contributed by atoms with Crippen molar-refractivity contribution in [3.05, 3.63) is 30.1 Å². The molecule has 0 aromatic heterocycles. The summed E-state index contributed by atoms with van der Waals surface area (Å²) in [6.45, 7) is 2.24. The lowest BCUT2D eigenvalue weighted by molar-refractivity contribution is -0.167. The van der Waals surface area contributed by atoms with Crippen molar-refractivity contribution in [3.63, 3.8) is 0 Å². The number of amides is 2. The number of carboxylic acids is 1. The summed E-state index contributed by atoms with van der Waals surface area (Å²) in [7, 11) is 0. The highest BCUT2D eigenvalue weighted by Crippen LogP contribution is 2.27. The van der Waals surface area contributed by atoms with Gasteiger partial charge < -0.3 is 19.6 Å². The zero-order chi connectivity index (χ0) is 18.1. The summed E-state index contributed by atoms with van der Waals surface area (Å²) in [5, 5.41) is 9.12. The van der Waals surface area contributed by atoms with Gasteiger partial charge in [0.05, 0.1) is 12.6 Å². The molecular weight excluding hydrogens is 331 g/mol. The van der Waals surface area contributed by atoms with Gasteiger partial charge in [-0.1, -0.05) is 0 Å². The first kappa shape index (κ1) is 17.3. The maximum Gasteiger partial charge on any atom is 0.334 e. The van der Waals surface area contributed by atoms with E-state index in [4.69, 9.17) is 9.84 Å². The summed E-state index contributed by atoms with van der Waals surface area (Å²) in [5.41, 5.74) is 0.542. The van der Waals surface area contributed by atoms with Gasteiger partial charge in [0.25, 0.3) is 0 Å². The van der Waals surface area contributed by atoms with Crippen molar-refractivity contribution >= 4 is 23.5 Å². The monoisotopic (exact) mass is 350 g/mol. The maximum atomic E-state index is 13.0. The van der Waals surface area contributed by atoms with Crippen molar-refractivity contribution in [2.75, 3.05) is 24.5 Å². The van der Waals surface area contributed by atoms with E-state index in [0.29, 0.717) is 18.7 Å². The Bertz CT molecular complexity index is 693. The Morgan fingerprint density at radius 1 is 1.24 bits per heavy atom. The Morgan fingerprint density at radius 2 is 1.92 bits per heavy atom. The second-order valence-corrected chi connectivity index (χ2v) is 6.32. The van der Waals surface area contributed by atoms with E-state index >= 15 is 0 Å². The van der Waals surface area contributed by atoms with E-state index in [-0.39, 0.29) is 24.9 Å². The van der Waals surface area contributed by atoms with Crippen LogP contribution in [0.4, 0.5) is 10.1 Å². The third-order valence-electron chi connectivity index (χ3n) is 4.49. The SMILES string of the molecule is C[C@@H]1CN(C(=O)C2CCN(c3ccc(F)cc3)C2=O)CC(C(=O)O)O1. The molecule has 1 aromatic rings. The van der Waals surface area contributed by atoms with Gasteiger partial charge in [-0.2, -0.15) is 0 Å². The fourth-order valence-corrected chi connectivity index (χ4v) is 3.27. The molecule has 0 radical (unpaired) electrons. The van der Waals surface area contributed by atoms with E-state index in [9.17, 15) is 18.8 Å². The van der Waals surface area contributed by atoms with Crippen molar-refractivity contribution in [2.24, 2.45) is 5.92 Å². The summed E-state index contributed by atoms with van der Waals surface area (Å²) in [5.74, 6) is -3.09. The van der Waals surface area contributed by atoms with Crippen LogP contribution in [0.2, 0.25) is 0 Å². The van der Waals surface area contributed by atoms with Crippen molar-refractivity contribution in [1.29, 1.82) is 0 Å². The number of hydrogen-bond donors (Lipinski definition) is 1. The summed E-state index contributed by atoms with van der Waals surface area (Å²) in [6, 6.07) is 5.52. The van der Waals surface area contributed by atoms with E-state index in [2.05, 4.69) is 0 Å². The predicted octanol–water partition coefficient (Wildman–Crippen LogP) is 0.879. The van der Waals surface area contributed by atoms with Gasteiger partial charge in [0.15, 0.2) is 6.10 Å². The highest BCUT2D eigenvalue weighted by molar-refractivity contribution is 6.09. The van der Waals surface area contributed by atoms with Gasteiger partial charge in [-0.05, 0) is 37.6 Å². The molecule has 2 heterocycles. The molecule has 2 fully saturated rings. The predicted molar refractivity (Wildman–Crippen MR) is 85.4 cm³/mol. The van der Waals surface area contributed by atoms with Gasteiger partial charge in [0.2, 0.25) is 11.8 Å². The Labute approximate surface area is 144 Å². The summed E-state index contributed by atoms with van der Waals surface area (Å²) in [6.07, 6.45) is -1.15. The van der Waals surface area contributed by atoms with Crippen LogP contribution in [0.25, 0.3) is 0 Å². The zero-order valence-electron chi connectivity index (χ0n) is 13.7. The first-order valence-electron chi connectivity index (χ1n) is 8.11. The molecule has 8 heteroatoms. The van der Waals surface area contributed by atoms with Crippen LogP contribution in [0.1, 0.15) is 13.3 Å². The number of rotatable bonds is 3. The molecule has 0 aliphatic carbocycles. The average Bonchev–Trinajstić information content (AvgIpc) is 2.96. The molecule has 3 rings (SSSR count). The standard InChI is InChI=1S/C17H19FN2O5/c1-10-8-19(9-14(25-10)17(23)24)15(21)13-6-7-20(16(13)22)12-4-2-11(18)3-5-12/h2-5,10,13-14H,6-9H2,1H3,(H,23,24)/t10-,13?,14?/m1/s1. The maximum absolute atomic E-state index is 13.0. The highest BCUT2D eigenvalue weighted by Gasteiger charge is 2.42. The van der Waals surface area contributed by atoms with E-state index in [1.807, 2.05) is 0 Å². The molecule has 2 aliphatic heterocycles. The van der Waals surface area contributed by atoms with Gasteiger partial charge in [-0.3, -0.25) is 9.59 Å². The topological polar surface area (TPSA) is 87.2 Å². The van der Waals surface area contributed by atoms with Crippen molar-refractivity contribution in [1.82, 2.24) is 4.90 Å². The quantitative estimate of drug-likeness (QED) is 0.818. The van der Waals surface area contributed by atoms with Crippen LogP contribution in [0.15, 0.2) is 24.3 Å². The molecule has 7 nitrogen and oxygen atoms in total. The molecule has 2 unspecified atom stereocenters. The van der Waals surface area contributed by atoms with E-state index < -0.39 is 29.9 Å². The minimum Gasteiger partial charge on any atom is -0.479 e. The van der Waals surface area contributed by atoms with Gasteiger partial charge in [0.1, 0.15) is 11.7 Å². The van der Waals surface area contributed by atoms with Gasteiger partial charge in [-0.25, -0.2) is 9.18 Å². The van der Waals surface area contributed by atoms with Gasteiger partial charge in [0, 0.05) is 18.8 Å². The molecule has 0 bridgehead atoms. The largest absolute Gasteiger partial charge is 0.479 e. The molecule has 0 spiro atoms. The number of nitrogens with zero attached hydrogens (tertiary/aromatic N) is 2. The number of carboxylic acid groups (broad SMARTS) is 1. The number of aliphatic carboxylic acids is 1. The van der Waals surface area contributed by atoms with E-state index in [1.54, 1.807) is 6.92 Å². The zero-order valence-corrected chi connectivity index (χ0v) is 13.7. The summed E-state index contributed by atoms with van der Waals surface area (Å²) in [4.78, 5) is 39.3. The lowest BCUT2D eigenvalue weighted by Crippen LogP contribution is -2.54. The van der Waals surface area contributed by atoms with Crippen LogP contribution < -0.4 is 4.90 Å². The molecule has 2 saturated heterocycles. The minimum absolute atomic E-state index is 0.0706. The Balaban J connectivity index is 1.71. The smallest absolute Gasteiger partial charge is 0.334 e. The van der Waals surface area contributed by atoms with Crippen molar-refractivity contribution in [2.45, 2.75) is 25.6 Å². The normalized spacial score (nSPS) is 26.8. The number of halogens is 1. The second kappa shape index (κ2) is 6.79. The van der Waals surface area contributed by atoms with E-state index in [1.165, 1.54) is 34.1 Å². The summed E-state index contributed by atoms with van der Waals surface area (Å²) >= 11 is 0. The highest BCUT2D eigenvalue weighted by atomic mass is 19.1. The van der Waals surface area contributed by atoms with Gasteiger partial charge in [-0.15, -0.1) is 0 Å². The molecule has 0 saturated carbocycles. The first-order chi connectivity index (χ1) is 11.9. The molecule has 3 atom stereocenters. The molecule has 2 aliphatic rings. The number of ether oxygens (including phenoxy) is 1. The third-order valence-corrected chi connectivity index (χ3v) is 4.49. The molecular formula is C17H19FN2O5. The first-order valence-corrected chi connectivity index (χ1v) is 8.11. The molecule has 1 aromatic carbocycles. The number of anilines is 1. The third kappa shape index (κ3) is 3.48. The molecule has 1 N–H and O–H groups in total. The van der Waals surface area contributed by atoms with Crippen LogP contribution in [0.3, 0.4) is 0 Å². The number of hydrogen-bond acceptors (Lipinski definition) is 4. The molecule has 134 valence electrons. The number of carbonyl (C=O) groups is 3. The van der Waals surface area contributed by atoms with Gasteiger partial charge >= 0.3 is 5.97 Å². The fraction of sp³-hybridized carbons (Fsp3) is 0.471. The number of carbonyl (C=O) groups excluding carboxylic acids is 2. The second-order valence-electron chi connectivity index (χ2n) is 6.32. The van der Waals surface area contributed by atoms with Crippen molar-refractivity contribution in [3.8, 4) is 0 Å². The lowest BCUT2D eigenvalue weighted by atomic mass is 10.1. The van der Waals surface area contributed by atoms with Crippen LogP contribution in [-0.2, 0) is 19.1 Å². The number of benzene rings is 1. The average molecular weight is 350 g/mol. The minimum atomic E-state index is -1.13. The van der Waals surface area contributed by atoms with Crippen LogP contribution in [0, 0.1) is 11.7 Å². The van der Waals surface area contributed by atoms with Crippen LogP contribution >= 0.6 is 0 Å². The van der Waals surface area contributed by atoms with Crippen LogP contribution in [0.5, 0.6) is 0 Å². The Hall–Kier alpha value is -2.48. The lowest BCUT2D eigenvalue weighted by Gasteiger charge is -2.36. The molecule has 2 amide bonds. The Kier molecular flexibility index (Phi) is 4.71. The van der Waals surface area contributed by atoms with E-state index in [0.717, 1.165) is 0 Å².